The number of carbonyl (C=O) groups is 2. The molecular formula is C16H24N2O3. The van der Waals surface area contributed by atoms with Crippen LogP contribution in [0.2, 0.25) is 0 Å². The van der Waals surface area contributed by atoms with Crippen molar-refractivity contribution in [2.75, 3.05) is 11.9 Å². The van der Waals surface area contributed by atoms with Gasteiger partial charge >= 0.3 is 5.97 Å². The lowest BCUT2D eigenvalue weighted by molar-refractivity contribution is -0.136. The van der Waals surface area contributed by atoms with E-state index in [4.69, 9.17) is 5.11 Å². The molecule has 0 atom stereocenters. The minimum atomic E-state index is -0.837. The first-order valence-corrected chi connectivity index (χ1v) is 7.32. The SMILES string of the molecule is CC(C)NCCCC(=O)Nc1ccccc1CCC(=O)O. The molecule has 0 saturated carbocycles. The number of para-hydroxylation sites is 1. The summed E-state index contributed by atoms with van der Waals surface area (Å²) in [6.07, 6.45) is 1.71. The number of amides is 1. The maximum absolute atomic E-state index is 11.9. The molecule has 0 heterocycles. The molecule has 1 aromatic carbocycles. The van der Waals surface area contributed by atoms with Gasteiger partial charge in [0.05, 0.1) is 0 Å². The fourth-order valence-electron chi connectivity index (χ4n) is 1.95. The smallest absolute Gasteiger partial charge is 0.303 e. The van der Waals surface area contributed by atoms with Crippen molar-refractivity contribution in [1.82, 2.24) is 5.32 Å². The van der Waals surface area contributed by atoms with Gasteiger partial charge in [-0.3, -0.25) is 9.59 Å². The number of nitrogens with one attached hydrogen (secondary N) is 2. The van der Waals surface area contributed by atoms with Crippen LogP contribution in [0.3, 0.4) is 0 Å². The second kappa shape index (κ2) is 9.13. The van der Waals surface area contributed by atoms with Crippen LogP contribution in [-0.2, 0) is 16.0 Å². The molecule has 0 saturated heterocycles. The number of carbonyl (C=O) groups excluding carboxylic acids is 1. The Bertz CT molecular complexity index is 472. The number of carboxylic acids is 1. The van der Waals surface area contributed by atoms with E-state index >= 15 is 0 Å². The highest BCUT2D eigenvalue weighted by Crippen LogP contribution is 2.17. The van der Waals surface area contributed by atoms with E-state index in [0.717, 1.165) is 18.5 Å². The quantitative estimate of drug-likeness (QED) is 0.611. The van der Waals surface area contributed by atoms with Gasteiger partial charge in [-0.25, -0.2) is 0 Å². The lowest BCUT2D eigenvalue weighted by atomic mass is 10.1. The third kappa shape index (κ3) is 7.46. The Labute approximate surface area is 125 Å². The number of benzene rings is 1. The number of hydrogen-bond acceptors (Lipinski definition) is 3. The predicted octanol–water partition coefficient (Wildman–Crippen LogP) is 2.42. The summed E-state index contributed by atoms with van der Waals surface area (Å²) in [6.45, 7) is 4.95. The van der Waals surface area contributed by atoms with Gasteiger partial charge < -0.3 is 15.7 Å². The van der Waals surface area contributed by atoms with Crippen LogP contribution >= 0.6 is 0 Å². The van der Waals surface area contributed by atoms with E-state index in [9.17, 15) is 9.59 Å². The average molecular weight is 292 g/mol. The minimum Gasteiger partial charge on any atom is -0.481 e. The van der Waals surface area contributed by atoms with E-state index in [-0.39, 0.29) is 12.3 Å². The van der Waals surface area contributed by atoms with Crippen LogP contribution in [0.25, 0.3) is 0 Å². The van der Waals surface area contributed by atoms with Crippen molar-refractivity contribution < 1.29 is 14.7 Å². The summed E-state index contributed by atoms with van der Waals surface area (Å²) >= 11 is 0. The highest BCUT2D eigenvalue weighted by Gasteiger charge is 2.08. The van der Waals surface area contributed by atoms with Gasteiger partial charge in [-0.05, 0) is 31.0 Å². The Morgan fingerprint density at radius 3 is 2.57 bits per heavy atom. The molecule has 3 N–H and O–H groups in total. The van der Waals surface area contributed by atoms with Crippen LogP contribution < -0.4 is 10.6 Å². The third-order valence-corrected chi connectivity index (χ3v) is 3.03. The molecule has 1 amide bonds. The molecule has 5 nitrogen and oxygen atoms in total. The van der Waals surface area contributed by atoms with Crippen LogP contribution in [0.1, 0.15) is 38.7 Å². The third-order valence-electron chi connectivity index (χ3n) is 3.03. The van der Waals surface area contributed by atoms with Gasteiger partial charge in [0, 0.05) is 24.6 Å². The lowest BCUT2D eigenvalue weighted by Gasteiger charge is -2.11. The van der Waals surface area contributed by atoms with E-state index < -0.39 is 5.97 Å². The largest absolute Gasteiger partial charge is 0.481 e. The summed E-state index contributed by atoms with van der Waals surface area (Å²) in [4.78, 5) is 22.5. The second-order valence-corrected chi connectivity index (χ2v) is 5.31. The van der Waals surface area contributed by atoms with Gasteiger partial charge in [-0.1, -0.05) is 32.0 Å². The van der Waals surface area contributed by atoms with Crippen molar-refractivity contribution in [3.05, 3.63) is 29.8 Å². The summed E-state index contributed by atoms with van der Waals surface area (Å²) < 4.78 is 0. The molecule has 116 valence electrons. The number of aryl methyl sites for hydroxylation is 1. The minimum absolute atomic E-state index is 0.0386. The number of anilines is 1. The summed E-state index contributed by atoms with van der Waals surface area (Å²) in [6, 6.07) is 7.75. The highest BCUT2D eigenvalue weighted by molar-refractivity contribution is 5.91. The number of carboxylic acid groups (broad SMARTS) is 1. The number of hydrogen-bond donors (Lipinski definition) is 3. The van der Waals surface area contributed by atoms with Crippen LogP contribution in [-0.4, -0.2) is 29.6 Å². The van der Waals surface area contributed by atoms with E-state index in [0.29, 0.717) is 24.6 Å². The molecule has 1 aromatic rings. The molecule has 21 heavy (non-hydrogen) atoms. The van der Waals surface area contributed by atoms with Gasteiger partial charge in [0.2, 0.25) is 5.91 Å². The van der Waals surface area contributed by atoms with Crippen LogP contribution in [0.15, 0.2) is 24.3 Å². The molecule has 0 aliphatic carbocycles. The molecule has 1 rings (SSSR count). The number of rotatable bonds is 9. The van der Waals surface area contributed by atoms with E-state index in [1.165, 1.54) is 0 Å². The first kappa shape index (κ1) is 17.2. The molecule has 5 heteroatoms. The normalized spacial score (nSPS) is 10.6. The zero-order chi connectivity index (χ0) is 15.7. The van der Waals surface area contributed by atoms with Gasteiger partial charge in [0.25, 0.3) is 0 Å². The molecule has 0 spiro atoms. The van der Waals surface area contributed by atoms with Gasteiger partial charge in [0.1, 0.15) is 0 Å². The highest BCUT2D eigenvalue weighted by atomic mass is 16.4. The zero-order valence-corrected chi connectivity index (χ0v) is 12.7. The molecule has 0 radical (unpaired) electrons. The molecule has 0 aliphatic heterocycles. The maximum atomic E-state index is 11.9. The standard InChI is InChI=1S/C16H24N2O3/c1-12(2)17-11-5-8-15(19)18-14-7-4-3-6-13(14)9-10-16(20)21/h3-4,6-7,12,17H,5,8-11H2,1-2H3,(H,18,19)(H,20,21). The summed E-state index contributed by atoms with van der Waals surface area (Å²) in [5.74, 6) is -0.876. The second-order valence-electron chi connectivity index (χ2n) is 5.31. The van der Waals surface area contributed by atoms with Crippen molar-refractivity contribution in [2.24, 2.45) is 0 Å². The molecule has 0 fully saturated rings. The van der Waals surface area contributed by atoms with E-state index in [1.807, 2.05) is 18.2 Å². The van der Waals surface area contributed by atoms with Crippen molar-refractivity contribution in [3.8, 4) is 0 Å². The van der Waals surface area contributed by atoms with E-state index in [2.05, 4.69) is 24.5 Å². The summed E-state index contributed by atoms with van der Waals surface area (Å²) in [5.41, 5.74) is 1.56. The topological polar surface area (TPSA) is 78.4 Å². The van der Waals surface area contributed by atoms with Crippen molar-refractivity contribution in [2.45, 2.75) is 45.6 Å². The molecule has 0 aromatic heterocycles. The Hall–Kier alpha value is -1.88. The Morgan fingerprint density at radius 2 is 1.90 bits per heavy atom. The van der Waals surface area contributed by atoms with Crippen LogP contribution in [0, 0.1) is 0 Å². The van der Waals surface area contributed by atoms with Crippen LogP contribution in [0.5, 0.6) is 0 Å². The molecule has 0 aliphatic rings. The van der Waals surface area contributed by atoms with Crippen molar-refractivity contribution in [1.29, 1.82) is 0 Å². The van der Waals surface area contributed by atoms with Crippen LogP contribution in [0.4, 0.5) is 5.69 Å². The maximum Gasteiger partial charge on any atom is 0.303 e. The lowest BCUT2D eigenvalue weighted by Crippen LogP contribution is -2.24. The zero-order valence-electron chi connectivity index (χ0n) is 12.7. The number of aliphatic carboxylic acids is 1. The van der Waals surface area contributed by atoms with E-state index in [1.54, 1.807) is 6.07 Å². The molecule has 0 bridgehead atoms. The van der Waals surface area contributed by atoms with Crippen molar-refractivity contribution >= 4 is 17.6 Å². The Balaban J connectivity index is 2.46. The van der Waals surface area contributed by atoms with Crippen molar-refractivity contribution in [3.63, 3.8) is 0 Å². The Kier molecular flexibility index (Phi) is 7.46. The predicted molar refractivity (Wildman–Crippen MR) is 83.4 cm³/mol. The fourth-order valence-corrected chi connectivity index (χ4v) is 1.95. The van der Waals surface area contributed by atoms with Gasteiger partial charge in [0.15, 0.2) is 0 Å². The Morgan fingerprint density at radius 1 is 1.19 bits per heavy atom. The molecular weight excluding hydrogens is 268 g/mol. The average Bonchev–Trinajstić information content (AvgIpc) is 2.42. The monoisotopic (exact) mass is 292 g/mol. The van der Waals surface area contributed by atoms with Gasteiger partial charge in [-0.2, -0.15) is 0 Å². The summed E-state index contributed by atoms with van der Waals surface area (Å²) in [5, 5.41) is 14.9. The first-order chi connectivity index (χ1) is 9.99. The fraction of sp³-hybridized carbons (Fsp3) is 0.500. The molecule has 0 unspecified atom stereocenters. The summed E-state index contributed by atoms with van der Waals surface area (Å²) in [7, 11) is 0. The first-order valence-electron chi connectivity index (χ1n) is 7.32. The van der Waals surface area contributed by atoms with Gasteiger partial charge in [-0.15, -0.1) is 0 Å².